The first-order chi connectivity index (χ1) is 11.2. The van der Waals surface area contributed by atoms with Crippen LogP contribution in [0, 0.1) is 5.92 Å². The van der Waals surface area contributed by atoms with Gasteiger partial charge in [0.25, 0.3) is 0 Å². The standard InChI is InChI=1S/C18H23NO4/c20-11-1-8-19-9-6-14(7-10-19)13-22-16-4-2-15-3-5-18(21)23-17(15)12-16/h2-5,12,14,20H,1,6-11,13H2. The molecule has 0 spiro atoms. The van der Waals surface area contributed by atoms with Crippen molar-refractivity contribution >= 4 is 11.0 Å². The molecule has 0 saturated carbocycles. The molecule has 1 aliphatic rings. The molecule has 5 heteroatoms. The normalized spacial score (nSPS) is 16.7. The summed E-state index contributed by atoms with van der Waals surface area (Å²) >= 11 is 0. The number of ether oxygens (including phenoxy) is 1. The Labute approximate surface area is 135 Å². The minimum atomic E-state index is -0.343. The highest BCUT2D eigenvalue weighted by Gasteiger charge is 2.19. The predicted molar refractivity (Wildman–Crippen MR) is 88.8 cm³/mol. The van der Waals surface area contributed by atoms with Crippen LogP contribution >= 0.6 is 0 Å². The molecule has 0 amide bonds. The van der Waals surface area contributed by atoms with Crippen LogP contribution in [0.15, 0.2) is 39.5 Å². The van der Waals surface area contributed by atoms with Gasteiger partial charge in [-0.25, -0.2) is 4.79 Å². The molecule has 5 nitrogen and oxygen atoms in total. The summed E-state index contributed by atoms with van der Waals surface area (Å²) in [5.41, 5.74) is 0.221. The molecule has 0 aliphatic carbocycles. The highest BCUT2D eigenvalue weighted by atomic mass is 16.5. The Balaban J connectivity index is 1.52. The van der Waals surface area contributed by atoms with Gasteiger partial charge >= 0.3 is 5.63 Å². The first-order valence-corrected chi connectivity index (χ1v) is 8.24. The average molecular weight is 317 g/mol. The van der Waals surface area contributed by atoms with Gasteiger partial charge in [0.1, 0.15) is 11.3 Å². The maximum absolute atomic E-state index is 11.3. The summed E-state index contributed by atoms with van der Waals surface area (Å²) in [5.74, 6) is 1.30. The Morgan fingerprint density at radius 3 is 2.78 bits per heavy atom. The molecule has 23 heavy (non-hydrogen) atoms. The lowest BCUT2D eigenvalue weighted by Crippen LogP contribution is -2.36. The minimum Gasteiger partial charge on any atom is -0.493 e. The Hall–Kier alpha value is -1.85. The topological polar surface area (TPSA) is 62.9 Å². The second-order valence-corrected chi connectivity index (χ2v) is 6.13. The fraction of sp³-hybridized carbons (Fsp3) is 0.500. The number of aliphatic hydroxyl groups excluding tert-OH is 1. The summed E-state index contributed by atoms with van der Waals surface area (Å²) in [6, 6.07) is 8.79. The van der Waals surface area contributed by atoms with E-state index in [4.69, 9.17) is 14.3 Å². The molecule has 2 aromatic rings. The van der Waals surface area contributed by atoms with Crippen molar-refractivity contribution in [2.45, 2.75) is 19.3 Å². The summed E-state index contributed by atoms with van der Waals surface area (Å²) in [6.07, 6.45) is 3.09. The Morgan fingerprint density at radius 2 is 2.00 bits per heavy atom. The van der Waals surface area contributed by atoms with Gasteiger partial charge in [-0.1, -0.05) is 0 Å². The highest BCUT2D eigenvalue weighted by Crippen LogP contribution is 2.22. The van der Waals surface area contributed by atoms with Crippen molar-refractivity contribution in [1.82, 2.24) is 4.90 Å². The van der Waals surface area contributed by atoms with Crippen molar-refractivity contribution in [2.24, 2.45) is 5.92 Å². The molecule has 2 heterocycles. The van der Waals surface area contributed by atoms with E-state index < -0.39 is 0 Å². The minimum absolute atomic E-state index is 0.265. The van der Waals surface area contributed by atoms with Crippen LogP contribution in [0.5, 0.6) is 5.75 Å². The van der Waals surface area contributed by atoms with Crippen LogP contribution < -0.4 is 10.4 Å². The van der Waals surface area contributed by atoms with Crippen LogP contribution in [-0.4, -0.2) is 42.9 Å². The highest BCUT2D eigenvalue weighted by molar-refractivity contribution is 5.77. The molecule has 124 valence electrons. The Morgan fingerprint density at radius 1 is 1.22 bits per heavy atom. The second-order valence-electron chi connectivity index (χ2n) is 6.13. The van der Waals surface area contributed by atoms with Crippen LogP contribution in [0.3, 0.4) is 0 Å². The molecule has 0 bridgehead atoms. The molecule has 0 unspecified atom stereocenters. The maximum Gasteiger partial charge on any atom is 0.336 e. The number of likely N-dealkylation sites (tertiary alicyclic amines) is 1. The number of rotatable bonds is 6. The molecule has 1 fully saturated rings. The van der Waals surface area contributed by atoms with Gasteiger partial charge in [0.15, 0.2) is 0 Å². The number of piperidine rings is 1. The molecular weight excluding hydrogens is 294 g/mol. The fourth-order valence-electron chi connectivity index (χ4n) is 3.02. The molecule has 3 rings (SSSR count). The van der Waals surface area contributed by atoms with Gasteiger partial charge in [0.05, 0.1) is 6.61 Å². The van der Waals surface area contributed by atoms with E-state index >= 15 is 0 Å². The third-order valence-corrected chi connectivity index (χ3v) is 4.42. The monoisotopic (exact) mass is 317 g/mol. The first kappa shape index (κ1) is 16.0. The zero-order valence-corrected chi connectivity index (χ0v) is 13.2. The van der Waals surface area contributed by atoms with Gasteiger partial charge in [-0.15, -0.1) is 0 Å². The smallest absolute Gasteiger partial charge is 0.336 e. The van der Waals surface area contributed by atoms with E-state index in [-0.39, 0.29) is 12.2 Å². The van der Waals surface area contributed by atoms with E-state index in [1.54, 1.807) is 12.1 Å². The van der Waals surface area contributed by atoms with Crippen LogP contribution in [0.4, 0.5) is 0 Å². The van der Waals surface area contributed by atoms with Crippen molar-refractivity contribution in [3.8, 4) is 5.75 Å². The third-order valence-electron chi connectivity index (χ3n) is 4.42. The SMILES string of the molecule is O=c1ccc2ccc(OCC3CCN(CCCO)CC3)cc2o1. The quantitative estimate of drug-likeness (QED) is 0.828. The number of nitrogens with zero attached hydrogens (tertiary/aromatic N) is 1. The van der Waals surface area contributed by atoms with Crippen molar-refractivity contribution in [3.05, 3.63) is 40.8 Å². The van der Waals surface area contributed by atoms with Crippen LogP contribution in [0.25, 0.3) is 11.0 Å². The third kappa shape index (κ3) is 4.33. The molecule has 1 aliphatic heterocycles. The van der Waals surface area contributed by atoms with Gasteiger partial charge in [0.2, 0.25) is 0 Å². The lowest BCUT2D eigenvalue weighted by molar-refractivity contribution is 0.133. The van der Waals surface area contributed by atoms with Crippen LogP contribution in [-0.2, 0) is 0 Å². The van der Waals surface area contributed by atoms with Crippen molar-refractivity contribution in [2.75, 3.05) is 32.8 Å². The van der Waals surface area contributed by atoms with Gasteiger partial charge in [-0.05, 0) is 56.5 Å². The van der Waals surface area contributed by atoms with E-state index in [1.807, 2.05) is 12.1 Å². The van der Waals surface area contributed by atoms with E-state index in [2.05, 4.69) is 4.90 Å². The first-order valence-electron chi connectivity index (χ1n) is 8.24. The summed E-state index contributed by atoms with van der Waals surface area (Å²) in [4.78, 5) is 13.7. The largest absolute Gasteiger partial charge is 0.493 e. The second kappa shape index (κ2) is 7.62. The molecular formula is C18H23NO4. The maximum atomic E-state index is 11.3. The Kier molecular flexibility index (Phi) is 5.31. The number of hydrogen-bond acceptors (Lipinski definition) is 5. The van der Waals surface area contributed by atoms with Crippen molar-refractivity contribution in [3.63, 3.8) is 0 Å². The summed E-state index contributed by atoms with van der Waals surface area (Å²) < 4.78 is 11.1. The Bertz CT molecular complexity index is 689. The van der Waals surface area contributed by atoms with Gasteiger partial charge in [-0.2, -0.15) is 0 Å². The lowest BCUT2D eigenvalue weighted by atomic mass is 9.98. The summed E-state index contributed by atoms with van der Waals surface area (Å²) in [7, 11) is 0. The summed E-state index contributed by atoms with van der Waals surface area (Å²) in [5, 5.41) is 9.78. The van der Waals surface area contributed by atoms with Gasteiger partial charge < -0.3 is 19.2 Å². The van der Waals surface area contributed by atoms with E-state index in [0.29, 0.717) is 18.1 Å². The zero-order valence-electron chi connectivity index (χ0n) is 13.2. The number of aliphatic hydroxyl groups is 1. The predicted octanol–water partition coefficient (Wildman–Crippen LogP) is 2.27. The van der Waals surface area contributed by atoms with Crippen LogP contribution in [0.1, 0.15) is 19.3 Å². The van der Waals surface area contributed by atoms with Gasteiger partial charge in [-0.3, -0.25) is 0 Å². The molecule has 1 aromatic heterocycles. The molecule has 1 aromatic carbocycles. The van der Waals surface area contributed by atoms with Crippen molar-refractivity contribution in [1.29, 1.82) is 0 Å². The zero-order chi connectivity index (χ0) is 16.1. The molecule has 0 radical (unpaired) electrons. The van der Waals surface area contributed by atoms with E-state index in [9.17, 15) is 4.79 Å². The van der Waals surface area contributed by atoms with E-state index in [0.717, 1.165) is 50.0 Å². The van der Waals surface area contributed by atoms with Gasteiger partial charge in [0, 0.05) is 30.7 Å². The van der Waals surface area contributed by atoms with E-state index in [1.165, 1.54) is 6.07 Å². The van der Waals surface area contributed by atoms with Crippen molar-refractivity contribution < 1.29 is 14.3 Å². The average Bonchev–Trinajstić information content (AvgIpc) is 2.58. The fourth-order valence-corrected chi connectivity index (χ4v) is 3.02. The molecule has 1 N–H and O–H groups in total. The van der Waals surface area contributed by atoms with Crippen LogP contribution in [0.2, 0.25) is 0 Å². The molecule has 1 saturated heterocycles. The number of benzene rings is 1. The lowest BCUT2D eigenvalue weighted by Gasteiger charge is -2.31. The molecule has 0 atom stereocenters. The number of fused-ring (bicyclic) bond motifs is 1. The summed E-state index contributed by atoms with van der Waals surface area (Å²) in [6.45, 7) is 4.08. The number of hydrogen-bond donors (Lipinski definition) is 1.